The van der Waals surface area contributed by atoms with Crippen LogP contribution in [0.15, 0.2) is 0 Å². The molecule has 0 unspecified atom stereocenters. The van der Waals surface area contributed by atoms with E-state index in [1.165, 1.54) is 0 Å². The lowest BCUT2D eigenvalue weighted by Gasteiger charge is -2.08. The molecule has 0 bridgehead atoms. The van der Waals surface area contributed by atoms with E-state index in [1.807, 2.05) is 0 Å². The largest absolute Gasteiger partial charge is 0.368 e. The number of carbonyl (C=O) groups excluding carboxylic acids is 1. The topological polar surface area (TPSA) is 54.9 Å². The third kappa shape index (κ3) is 4.25. The van der Waals surface area contributed by atoms with Crippen molar-refractivity contribution >= 4 is 35.5 Å². The van der Waals surface area contributed by atoms with E-state index in [1.54, 1.807) is 18.7 Å². The Kier molecular flexibility index (Phi) is 5.81. The van der Waals surface area contributed by atoms with Crippen LogP contribution in [0.25, 0.3) is 0 Å². The van der Waals surface area contributed by atoms with E-state index in [4.69, 9.17) is 18.0 Å². The van der Waals surface area contributed by atoms with E-state index in [0.717, 1.165) is 5.75 Å². The molecule has 1 aromatic rings. The number of nitrogens with zero attached hydrogens (tertiary/aromatic N) is 2. The Morgan fingerprint density at radius 1 is 1.59 bits per heavy atom. The Bertz CT molecular complexity index is 445. The van der Waals surface area contributed by atoms with Crippen LogP contribution in [-0.4, -0.2) is 34.3 Å². The molecule has 6 heteroatoms. The molecule has 4 nitrogen and oxygen atoms in total. The summed E-state index contributed by atoms with van der Waals surface area (Å²) in [6.07, 6.45) is 5.78. The molecule has 0 spiro atoms. The molecule has 0 saturated heterocycles. The highest BCUT2D eigenvalue weighted by Gasteiger charge is 2.10. The van der Waals surface area contributed by atoms with Gasteiger partial charge in [0.05, 0.1) is 11.3 Å². The van der Waals surface area contributed by atoms with Crippen LogP contribution in [0.1, 0.15) is 16.2 Å². The van der Waals surface area contributed by atoms with Crippen molar-refractivity contribution in [1.29, 1.82) is 0 Å². The van der Waals surface area contributed by atoms with Crippen LogP contribution < -0.4 is 5.32 Å². The summed E-state index contributed by atoms with van der Waals surface area (Å²) < 4.78 is 0. The van der Waals surface area contributed by atoms with Gasteiger partial charge in [-0.3, -0.25) is 4.79 Å². The van der Waals surface area contributed by atoms with Gasteiger partial charge in [0.15, 0.2) is 6.29 Å². The molecular formula is C11H12ClN3OS. The van der Waals surface area contributed by atoms with Crippen molar-refractivity contribution in [3.8, 4) is 12.3 Å². The predicted octanol–water partition coefficient (Wildman–Crippen LogP) is 2.03. The van der Waals surface area contributed by atoms with Crippen molar-refractivity contribution in [2.45, 2.75) is 6.92 Å². The maximum Gasteiger partial charge on any atom is 0.156 e. The highest BCUT2D eigenvalue weighted by atomic mass is 35.5. The number of aromatic nitrogens is 2. The van der Waals surface area contributed by atoms with Crippen LogP contribution in [-0.2, 0) is 0 Å². The van der Waals surface area contributed by atoms with Crippen LogP contribution in [0.5, 0.6) is 0 Å². The van der Waals surface area contributed by atoms with E-state index in [2.05, 4.69) is 21.2 Å². The summed E-state index contributed by atoms with van der Waals surface area (Å²) in [6, 6.07) is 0. The third-order valence-corrected chi connectivity index (χ3v) is 3.00. The van der Waals surface area contributed by atoms with Gasteiger partial charge in [-0.25, -0.2) is 9.97 Å². The number of halogens is 1. The molecule has 0 atom stereocenters. The highest BCUT2D eigenvalue weighted by molar-refractivity contribution is 7.99. The SMILES string of the molecule is C#CCSCCNc1nc(C)nc(Cl)c1C=O. The number of hydrogen-bond acceptors (Lipinski definition) is 5. The second-order valence-electron chi connectivity index (χ2n) is 3.13. The maximum atomic E-state index is 10.9. The van der Waals surface area contributed by atoms with Gasteiger partial charge in [0.25, 0.3) is 0 Å². The summed E-state index contributed by atoms with van der Waals surface area (Å²) in [4.78, 5) is 18.9. The summed E-state index contributed by atoms with van der Waals surface area (Å²) in [7, 11) is 0. The molecule has 0 aliphatic carbocycles. The van der Waals surface area contributed by atoms with Gasteiger partial charge in [-0.2, -0.15) is 0 Å². The van der Waals surface area contributed by atoms with Gasteiger partial charge in [-0.05, 0) is 6.92 Å². The molecule has 1 rings (SSSR count). The Balaban J connectivity index is 2.64. The summed E-state index contributed by atoms with van der Waals surface area (Å²) in [5.41, 5.74) is 0.291. The molecule has 1 N–H and O–H groups in total. The maximum absolute atomic E-state index is 10.9. The van der Waals surface area contributed by atoms with Crippen molar-refractivity contribution in [2.75, 3.05) is 23.4 Å². The van der Waals surface area contributed by atoms with Gasteiger partial charge in [0.2, 0.25) is 0 Å². The van der Waals surface area contributed by atoms with Gasteiger partial charge >= 0.3 is 0 Å². The number of aldehydes is 1. The normalized spacial score (nSPS) is 9.71. The fraction of sp³-hybridized carbons (Fsp3) is 0.364. The van der Waals surface area contributed by atoms with Crippen LogP contribution >= 0.6 is 23.4 Å². The molecule has 0 aromatic carbocycles. The van der Waals surface area contributed by atoms with Gasteiger partial charge < -0.3 is 5.32 Å². The van der Waals surface area contributed by atoms with Gasteiger partial charge in [0.1, 0.15) is 16.8 Å². The van der Waals surface area contributed by atoms with Crippen molar-refractivity contribution < 1.29 is 4.79 Å². The average molecular weight is 270 g/mol. The number of rotatable bonds is 6. The van der Waals surface area contributed by atoms with Crippen LogP contribution in [0.2, 0.25) is 5.15 Å². The molecule has 0 aliphatic rings. The third-order valence-electron chi connectivity index (χ3n) is 1.85. The van der Waals surface area contributed by atoms with Gasteiger partial charge in [-0.1, -0.05) is 17.5 Å². The van der Waals surface area contributed by atoms with Crippen LogP contribution in [0, 0.1) is 19.3 Å². The summed E-state index contributed by atoms with van der Waals surface area (Å²) in [6.45, 7) is 2.39. The summed E-state index contributed by atoms with van der Waals surface area (Å²) in [5, 5.41) is 3.22. The minimum atomic E-state index is 0.172. The average Bonchev–Trinajstić information content (AvgIpc) is 2.28. The molecule has 17 heavy (non-hydrogen) atoms. The fourth-order valence-electron chi connectivity index (χ4n) is 1.16. The van der Waals surface area contributed by atoms with Crippen molar-refractivity contribution in [3.63, 3.8) is 0 Å². The number of carbonyl (C=O) groups is 1. The lowest BCUT2D eigenvalue weighted by Crippen LogP contribution is -2.10. The molecule has 90 valence electrons. The Hall–Kier alpha value is -1.25. The minimum absolute atomic E-state index is 0.172. The fourth-order valence-corrected chi connectivity index (χ4v) is 1.92. The highest BCUT2D eigenvalue weighted by Crippen LogP contribution is 2.18. The Labute approximate surface area is 110 Å². The Morgan fingerprint density at radius 2 is 2.35 bits per heavy atom. The number of aryl methyl sites for hydroxylation is 1. The van der Waals surface area contributed by atoms with E-state index in [-0.39, 0.29) is 5.15 Å². The Morgan fingerprint density at radius 3 is 3.00 bits per heavy atom. The van der Waals surface area contributed by atoms with E-state index >= 15 is 0 Å². The first-order chi connectivity index (χ1) is 8.19. The number of thioether (sulfide) groups is 1. The van der Waals surface area contributed by atoms with E-state index in [0.29, 0.717) is 35.8 Å². The van der Waals surface area contributed by atoms with Crippen LogP contribution in [0.3, 0.4) is 0 Å². The zero-order valence-corrected chi connectivity index (χ0v) is 10.9. The zero-order valence-electron chi connectivity index (χ0n) is 9.36. The van der Waals surface area contributed by atoms with Gasteiger partial charge in [-0.15, -0.1) is 18.2 Å². The molecule has 1 heterocycles. The quantitative estimate of drug-likeness (QED) is 0.371. The molecule has 0 amide bonds. The molecule has 0 aliphatic heterocycles. The monoisotopic (exact) mass is 269 g/mol. The first-order valence-electron chi connectivity index (χ1n) is 4.93. The minimum Gasteiger partial charge on any atom is -0.368 e. The lowest BCUT2D eigenvalue weighted by atomic mass is 10.3. The number of nitrogens with one attached hydrogen (secondary N) is 1. The summed E-state index contributed by atoms with van der Waals surface area (Å²) in [5.74, 6) is 5.05. The smallest absolute Gasteiger partial charge is 0.156 e. The second kappa shape index (κ2) is 7.15. The van der Waals surface area contributed by atoms with Crippen molar-refractivity contribution in [2.24, 2.45) is 0 Å². The predicted molar refractivity (Wildman–Crippen MR) is 71.8 cm³/mol. The van der Waals surface area contributed by atoms with Crippen LogP contribution in [0.4, 0.5) is 5.82 Å². The number of hydrogen-bond donors (Lipinski definition) is 1. The summed E-state index contributed by atoms with van der Waals surface area (Å²) >= 11 is 7.47. The van der Waals surface area contributed by atoms with Gasteiger partial charge in [0, 0.05) is 12.3 Å². The molecular weight excluding hydrogens is 258 g/mol. The molecule has 1 aromatic heterocycles. The first-order valence-corrected chi connectivity index (χ1v) is 6.46. The molecule has 0 radical (unpaired) electrons. The van der Waals surface area contributed by atoms with Crippen molar-refractivity contribution in [1.82, 2.24) is 9.97 Å². The number of anilines is 1. The standard InChI is InChI=1S/C11H12ClN3OS/c1-3-5-17-6-4-13-11-9(7-16)10(12)14-8(2)15-11/h1,7H,4-6H2,2H3,(H,13,14,15). The molecule has 0 fully saturated rings. The zero-order chi connectivity index (χ0) is 12.7. The second-order valence-corrected chi connectivity index (χ2v) is 4.59. The molecule has 0 saturated carbocycles. The first kappa shape index (κ1) is 13.8. The van der Waals surface area contributed by atoms with E-state index in [9.17, 15) is 4.79 Å². The van der Waals surface area contributed by atoms with E-state index < -0.39 is 0 Å². The lowest BCUT2D eigenvalue weighted by molar-refractivity contribution is 0.112. The van der Waals surface area contributed by atoms with Crippen molar-refractivity contribution in [3.05, 3.63) is 16.5 Å². The number of terminal acetylenes is 1.